The molecule has 3 rings (SSSR count). The van der Waals surface area contributed by atoms with E-state index in [0.717, 1.165) is 5.92 Å². The van der Waals surface area contributed by atoms with Crippen LogP contribution in [-0.2, 0) is 0 Å². The molecule has 3 heterocycles. The van der Waals surface area contributed by atoms with Gasteiger partial charge in [-0.1, -0.05) is 0 Å². The molecule has 3 fully saturated rings. The molecule has 3 aliphatic heterocycles. The molecular weight excluding hydrogens is 169 g/mol. The molecule has 0 spiro atoms. The molecule has 2 bridgehead atoms. The molecule has 0 N–H and O–H groups in total. The second kappa shape index (κ2) is 3.29. The van der Waals surface area contributed by atoms with E-state index in [1.165, 1.54) is 32.4 Å². The van der Waals surface area contributed by atoms with Crippen molar-refractivity contribution in [3.8, 4) is 0 Å². The van der Waals surface area contributed by atoms with Gasteiger partial charge in [-0.05, 0) is 38.3 Å². The summed E-state index contributed by atoms with van der Waals surface area (Å²) in [4.78, 5) is 2.39. The summed E-state index contributed by atoms with van der Waals surface area (Å²) in [6.07, 6.45) is 4.02. The Hall–Kier alpha value is 0.540. The van der Waals surface area contributed by atoms with E-state index in [2.05, 4.69) is 4.90 Å². The summed E-state index contributed by atoms with van der Waals surface area (Å²) < 4.78 is 0. The third-order valence-corrected chi connectivity index (χ3v) is 3.03. The zero-order valence-electron chi connectivity index (χ0n) is 5.92. The molecule has 0 amide bonds. The third kappa shape index (κ3) is 1.41. The number of hydrogen-bond acceptors (Lipinski definition) is 1. The van der Waals surface area contributed by atoms with E-state index in [4.69, 9.17) is 11.6 Å². The van der Waals surface area contributed by atoms with Crippen LogP contribution in [0.4, 0.5) is 0 Å². The largest absolute Gasteiger partial charge is 0.287 e. The van der Waals surface area contributed by atoms with E-state index < -0.39 is 0 Å². The minimum absolute atomic E-state index is 0. The van der Waals surface area contributed by atoms with Crippen molar-refractivity contribution in [3.05, 3.63) is 0 Å². The standard InChI is InChI=1S/C7H12ClN.ClH/c8-7-5-6-1-3-9(7)4-2-6;/h6-7H,1-5H2;1H. The predicted octanol–water partition coefficient (Wildman–Crippen LogP) is 2.09. The molecule has 3 saturated heterocycles. The van der Waals surface area contributed by atoms with Crippen molar-refractivity contribution in [1.82, 2.24) is 4.90 Å². The minimum atomic E-state index is 0. The Kier molecular flexibility index (Phi) is 2.84. The fraction of sp³-hybridized carbons (Fsp3) is 1.00. The molecule has 0 aromatic heterocycles. The van der Waals surface area contributed by atoms with Crippen molar-refractivity contribution in [2.24, 2.45) is 5.92 Å². The van der Waals surface area contributed by atoms with Crippen molar-refractivity contribution in [2.75, 3.05) is 13.1 Å². The lowest BCUT2D eigenvalue weighted by molar-refractivity contribution is 0.0899. The Bertz CT molecular complexity index is 110. The summed E-state index contributed by atoms with van der Waals surface area (Å²) in [5, 5.41) is 0. The highest BCUT2D eigenvalue weighted by Gasteiger charge is 2.31. The minimum Gasteiger partial charge on any atom is -0.287 e. The Labute approximate surface area is 73.1 Å². The lowest BCUT2D eigenvalue weighted by atomic mass is 9.88. The van der Waals surface area contributed by atoms with Crippen LogP contribution < -0.4 is 0 Å². The van der Waals surface area contributed by atoms with Crippen molar-refractivity contribution in [1.29, 1.82) is 0 Å². The van der Waals surface area contributed by atoms with Crippen LogP contribution in [0.25, 0.3) is 0 Å². The normalized spacial score (nSPS) is 44.7. The van der Waals surface area contributed by atoms with Gasteiger partial charge in [-0.15, -0.1) is 24.0 Å². The summed E-state index contributed by atoms with van der Waals surface area (Å²) >= 11 is 6.04. The number of alkyl halides is 1. The van der Waals surface area contributed by atoms with E-state index in [1.807, 2.05) is 0 Å². The molecule has 0 aliphatic carbocycles. The third-order valence-electron chi connectivity index (χ3n) is 2.57. The predicted molar refractivity (Wildman–Crippen MR) is 45.8 cm³/mol. The van der Waals surface area contributed by atoms with Gasteiger partial charge in [0.15, 0.2) is 0 Å². The summed E-state index contributed by atoms with van der Waals surface area (Å²) in [6.45, 7) is 2.50. The SMILES string of the molecule is Cl.ClC1CC2CCN1CC2. The monoisotopic (exact) mass is 181 g/mol. The smallest absolute Gasteiger partial charge is 0.0853 e. The molecule has 10 heavy (non-hydrogen) atoms. The fourth-order valence-corrected chi connectivity index (χ4v) is 2.34. The van der Waals surface area contributed by atoms with E-state index in [1.54, 1.807) is 0 Å². The van der Waals surface area contributed by atoms with Gasteiger partial charge in [0.1, 0.15) is 0 Å². The number of halogens is 2. The molecule has 0 radical (unpaired) electrons. The van der Waals surface area contributed by atoms with Crippen molar-refractivity contribution in [2.45, 2.75) is 24.8 Å². The molecule has 0 aromatic rings. The molecule has 0 saturated carbocycles. The van der Waals surface area contributed by atoms with Crippen LogP contribution in [0.1, 0.15) is 19.3 Å². The summed E-state index contributed by atoms with van der Waals surface area (Å²) in [5.74, 6) is 0.956. The van der Waals surface area contributed by atoms with Crippen LogP contribution in [0.15, 0.2) is 0 Å². The lowest BCUT2D eigenvalue weighted by Gasteiger charge is -2.42. The van der Waals surface area contributed by atoms with Crippen LogP contribution in [0.3, 0.4) is 0 Å². The van der Waals surface area contributed by atoms with Crippen LogP contribution in [-0.4, -0.2) is 23.5 Å². The van der Waals surface area contributed by atoms with Crippen molar-refractivity contribution < 1.29 is 0 Å². The lowest BCUT2D eigenvalue weighted by Crippen LogP contribution is -2.45. The molecule has 1 unspecified atom stereocenters. The second-order valence-electron chi connectivity index (χ2n) is 3.15. The first kappa shape index (κ1) is 8.63. The molecule has 0 aromatic carbocycles. The topological polar surface area (TPSA) is 3.24 Å². The van der Waals surface area contributed by atoms with E-state index >= 15 is 0 Å². The maximum Gasteiger partial charge on any atom is 0.0853 e. The van der Waals surface area contributed by atoms with Gasteiger partial charge in [-0.3, -0.25) is 4.90 Å². The average molecular weight is 182 g/mol. The average Bonchev–Trinajstić information content (AvgIpc) is 1.90. The van der Waals surface area contributed by atoms with Crippen LogP contribution >= 0.6 is 24.0 Å². The summed E-state index contributed by atoms with van der Waals surface area (Å²) in [6, 6.07) is 0. The van der Waals surface area contributed by atoms with Crippen molar-refractivity contribution >= 4 is 24.0 Å². The van der Waals surface area contributed by atoms with Gasteiger partial charge in [0.25, 0.3) is 0 Å². The van der Waals surface area contributed by atoms with Gasteiger partial charge in [-0.2, -0.15) is 0 Å². The molecule has 3 aliphatic rings. The first-order valence-electron chi connectivity index (χ1n) is 3.74. The Morgan fingerprint density at radius 2 is 1.80 bits per heavy atom. The van der Waals surface area contributed by atoms with Gasteiger partial charge in [-0.25, -0.2) is 0 Å². The number of nitrogens with zero attached hydrogens (tertiary/aromatic N) is 1. The number of piperidine rings is 3. The highest BCUT2D eigenvalue weighted by Crippen LogP contribution is 2.33. The second-order valence-corrected chi connectivity index (χ2v) is 3.65. The molecule has 1 nitrogen and oxygen atoms in total. The zero-order valence-corrected chi connectivity index (χ0v) is 7.50. The number of fused-ring (bicyclic) bond motifs is 3. The van der Waals surface area contributed by atoms with Gasteiger partial charge in [0.05, 0.1) is 5.50 Å². The van der Waals surface area contributed by atoms with Crippen LogP contribution in [0.2, 0.25) is 0 Å². The fourth-order valence-electron chi connectivity index (χ4n) is 1.89. The Morgan fingerprint density at radius 1 is 1.20 bits per heavy atom. The van der Waals surface area contributed by atoms with Gasteiger partial charge >= 0.3 is 0 Å². The molecule has 1 atom stereocenters. The van der Waals surface area contributed by atoms with Gasteiger partial charge < -0.3 is 0 Å². The van der Waals surface area contributed by atoms with E-state index in [-0.39, 0.29) is 12.4 Å². The summed E-state index contributed by atoms with van der Waals surface area (Å²) in [5.41, 5.74) is 0.373. The highest BCUT2D eigenvalue weighted by atomic mass is 35.5. The van der Waals surface area contributed by atoms with E-state index in [0.29, 0.717) is 5.50 Å². The van der Waals surface area contributed by atoms with Gasteiger partial charge in [0.2, 0.25) is 0 Å². The zero-order chi connectivity index (χ0) is 6.27. The van der Waals surface area contributed by atoms with Crippen LogP contribution in [0.5, 0.6) is 0 Å². The maximum absolute atomic E-state index is 6.04. The molecule has 60 valence electrons. The first-order valence-corrected chi connectivity index (χ1v) is 4.18. The van der Waals surface area contributed by atoms with Gasteiger partial charge in [0, 0.05) is 0 Å². The first-order chi connectivity index (χ1) is 4.36. The Balaban J connectivity index is 0.000000500. The molecular formula is C7H13Cl2N. The summed E-state index contributed by atoms with van der Waals surface area (Å²) in [7, 11) is 0. The van der Waals surface area contributed by atoms with Crippen molar-refractivity contribution in [3.63, 3.8) is 0 Å². The molecule has 3 heteroatoms. The van der Waals surface area contributed by atoms with Crippen LogP contribution in [0, 0.1) is 5.92 Å². The quantitative estimate of drug-likeness (QED) is 0.409. The maximum atomic E-state index is 6.04. The Morgan fingerprint density at radius 3 is 2.00 bits per heavy atom. The van der Waals surface area contributed by atoms with E-state index in [9.17, 15) is 0 Å². The number of rotatable bonds is 0. The highest BCUT2D eigenvalue weighted by molar-refractivity contribution is 6.20. The number of hydrogen-bond donors (Lipinski definition) is 0.